The third-order valence-electron chi connectivity index (χ3n) is 5.06. The first-order valence-electron chi connectivity index (χ1n) is 9.35. The third-order valence-corrected chi connectivity index (χ3v) is 7.29. The number of aromatic nitrogens is 2. The number of rotatable bonds is 6. The molecular formula is C19H25ClN4O3S. The van der Waals surface area contributed by atoms with E-state index in [9.17, 15) is 13.2 Å². The van der Waals surface area contributed by atoms with E-state index in [0.29, 0.717) is 49.7 Å². The fourth-order valence-corrected chi connectivity index (χ4v) is 5.11. The number of carbonyl (C=O) groups is 1. The van der Waals surface area contributed by atoms with Crippen molar-refractivity contribution in [1.82, 2.24) is 19.0 Å². The van der Waals surface area contributed by atoms with E-state index in [1.807, 2.05) is 6.92 Å². The van der Waals surface area contributed by atoms with Crippen LogP contribution in [0.15, 0.2) is 41.4 Å². The van der Waals surface area contributed by atoms with Crippen LogP contribution in [0.25, 0.3) is 0 Å². The number of hydrogen-bond acceptors (Lipinski definition) is 4. The molecule has 0 atom stereocenters. The van der Waals surface area contributed by atoms with Gasteiger partial charge in [-0.3, -0.25) is 9.48 Å². The zero-order chi connectivity index (χ0) is 20.3. The van der Waals surface area contributed by atoms with Crippen molar-refractivity contribution < 1.29 is 13.2 Å². The van der Waals surface area contributed by atoms with Crippen molar-refractivity contribution in [3.63, 3.8) is 0 Å². The van der Waals surface area contributed by atoms with Crippen molar-refractivity contribution >= 4 is 27.5 Å². The van der Waals surface area contributed by atoms with E-state index in [4.69, 9.17) is 11.6 Å². The fourth-order valence-electron chi connectivity index (χ4n) is 3.41. The van der Waals surface area contributed by atoms with E-state index < -0.39 is 10.0 Å². The van der Waals surface area contributed by atoms with Crippen LogP contribution in [0.4, 0.5) is 0 Å². The molecule has 7 nitrogen and oxygen atoms in total. The van der Waals surface area contributed by atoms with Crippen molar-refractivity contribution in [2.45, 2.75) is 37.8 Å². The second-order valence-corrected chi connectivity index (χ2v) is 9.31. The van der Waals surface area contributed by atoms with E-state index in [-0.39, 0.29) is 16.7 Å². The molecule has 0 unspecified atom stereocenters. The van der Waals surface area contributed by atoms with Gasteiger partial charge >= 0.3 is 0 Å². The molecule has 2 aromatic rings. The summed E-state index contributed by atoms with van der Waals surface area (Å²) in [5.74, 6) is -0.196. The van der Waals surface area contributed by atoms with Gasteiger partial charge in [0.15, 0.2) is 0 Å². The van der Waals surface area contributed by atoms with Crippen LogP contribution in [0.3, 0.4) is 0 Å². The van der Waals surface area contributed by atoms with E-state index in [1.165, 1.54) is 4.31 Å². The van der Waals surface area contributed by atoms with Crippen LogP contribution in [0.5, 0.6) is 0 Å². The topological polar surface area (TPSA) is 75.5 Å². The molecule has 1 fully saturated rings. The first-order valence-corrected chi connectivity index (χ1v) is 11.2. The molecule has 28 heavy (non-hydrogen) atoms. The number of nitrogens with zero attached hydrogens (tertiary/aromatic N) is 4. The number of benzene rings is 1. The first-order chi connectivity index (χ1) is 13.3. The largest absolute Gasteiger partial charge is 0.339 e. The van der Waals surface area contributed by atoms with Gasteiger partial charge in [-0.05, 0) is 31.9 Å². The van der Waals surface area contributed by atoms with Crippen molar-refractivity contribution in [3.8, 4) is 0 Å². The van der Waals surface area contributed by atoms with Gasteiger partial charge < -0.3 is 4.90 Å². The Balaban J connectivity index is 1.59. The Morgan fingerprint density at radius 2 is 1.89 bits per heavy atom. The molecule has 0 N–H and O–H groups in total. The predicted molar refractivity (Wildman–Crippen MR) is 107 cm³/mol. The Labute approximate surface area is 170 Å². The van der Waals surface area contributed by atoms with E-state index in [1.54, 1.807) is 53.2 Å². The average molecular weight is 425 g/mol. The number of amides is 1. The quantitative estimate of drug-likeness (QED) is 0.714. The van der Waals surface area contributed by atoms with E-state index in [0.717, 1.165) is 0 Å². The van der Waals surface area contributed by atoms with Crippen molar-refractivity contribution in [2.24, 2.45) is 5.92 Å². The van der Waals surface area contributed by atoms with Crippen molar-refractivity contribution in [2.75, 3.05) is 20.1 Å². The van der Waals surface area contributed by atoms with Gasteiger partial charge in [-0.25, -0.2) is 8.42 Å². The van der Waals surface area contributed by atoms with Gasteiger partial charge in [-0.2, -0.15) is 9.40 Å². The molecule has 1 aromatic carbocycles. The van der Waals surface area contributed by atoms with Gasteiger partial charge in [0.2, 0.25) is 15.9 Å². The van der Waals surface area contributed by atoms with Gasteiger partial charge in [0.1, 0.15) is 5.69 Å². The number of piperidine rings is 1. The minimum Gasteiger partial charge on any atom is -0.339 e. The standard InChI is InChI=1S/C19H25ClN4O3S/c1-3-23-13-17(20)18(21-23)14-22(2)19(25)15-9-11-24(12-10-15)28(26,27)16-7-5-4-6-8-16/h4-8,13,15H,3,9-12,14H2,1-2H3. The lowest BCUT2D eigenvalue weighted by molar-refractivity contribution is -0.136. The molecule has 1 amide bonds. The number of halogens is 1. The molecule has 2 heterocycles. The highest BCUT2D eigenvalue weighted by atomic mass is 35.5. The third kappa shape index (κ3) is 4.39. The Kier molecular flexibility index (Phi) is 6.42. The summed E-state index contributed by atoms with van der Waals surface area (Å²) >= 11 is 6.19. The molecule has 0 saturated carbocycles. The van der Waals surface area contributed by atoms with E-state index in [2.05, 4.69) is 5.10 Å². The normalized spacial score (nSPS) is 16.2. The molecule has 0 aliphatic carbocycles. The Morgan fingerprint density at radius 3 is 2.46 bits per heavy atom. The van der Waals surface area contributed by atoms with Crippen LogP contribution in [0, 0.1) is 5.92 Å². The summed E-state index contributed by atoms with van der Waals surface area (Å²) in [5.41, 5.74) is 0.670. The molecule has 1 aromatic heterocycles. The number of sulfonamides is 1. The lowest BCUT2D eigenvalue weighted by Crippen LogP contribution is -2.43. The highest BCUT2D eigenvalue weighted by molar-refractivity contribution is 7.89. The molecule has 0 spiro atoms. The summed E-state index contributed by atoms with van der Waals surface area (Å²) in [4.78, 5) is 14.7. The lowest BCUT2D eigenvalue weighted by atomic mass is 9.96. The second kappa shape index (κ2) is 8.63. The molecule has 1 saturated heterocycles. The van der Waals surface area contributed by atoms with Crippen molar-refractivity contribution in [1.29, 1.82) is 0 Å². The van der Waals surface area contributed by atoms with Crippen LogP contribution in [0.2, 0.25) is 5.02 Å². The first kappa shape index (κ1) is 20.8. The molecule has 3 rings (SSSR count). The summed E-state index contributed by atoms with van der Waals surface area (Å²) < 4.78 is 28.6. The van der Waals surface area contributed by atoms with Gasteiger partial charge in [0, 0.05) is 38.8 Å². The Bertz CT molecular complexity index is 922. The van der Waals surface area contributed by atoms with Gasteiger partial charge in [-0.1, -0.05) is 29.8 Å². The Hall–Kier alpha value is -1.90. The fraction of sp³-hybridized carbons (Fsp3) is 0.474. The minimum atomic E-state index is -3.51. The highest BCUT2D eigenvalue weighted by Gasteiger charge is 2.33. The SMILES string of the molecule is CCn1cc(Cl)c(CN(C)C(=O)C2CCN(S(=O)(=O)c3ccccc3)CC2)n1. The lowest BCUT2D eigenvalue weighted by Gasteiger charge is -2.32. The summed E-state index contributed by atoms with van der Waals surface area (Å²) in [5, 5.41) is 4.92. The molecular weight excluding hydrogens is 400 g/mol. The number of aryl methyl sites for hydroxylation is 1. The summed E-state index contributed by atoms with van der Waals surface area (Å²) in [6, 6.07) is 8.40. The molecule has 9 heteroatoms. The maximum absolute atomic E-state index is 12.8. The minimum absolute atomic E-state index is 0.00104. The summed E-state index contributed by atoms with van der Waals surface area (Å²) in [6.07, 6.45) is 2.76. The smallest absolute Gasteiger partial charge is 0.243 e. The maximum atomic E-state index is 12.8. The number of carbonyl (C=O) groups excluding carboxylic acids is 1. The zero-order valence-corrected chi connectivity index (χ0v) is 17.7. The zero-order valence-electron chi connectivity index (χ0n) is 16.1. The summed E-state index contributed by atoms with van der Waals surface area (Å²) in [6.45, 7) is 3.71. The van der Waals surface area contributed by atoms with Crippen LogP contribution in [-0.2, 0) is 27.9 Å². The molecule has 0 radical (unpaired) electrons. The van der Waals surface area contributed by atoms with E-state index >= 15 is 0 Å². The van der Waals surface area contributed by atoms with Crippen LogP contribution in [-0.4, -0.2) is 53.4 Å². The van der Waals surface area contributed by atoms with Crippen LogP contribution < -0.4 is 0 Å². The van der Waals surface area contributed by atoms with Gasteiger partial charge in [-0.15, -0.1) is 0 Å². The monoisotopic (exact) mass is 424 g/mol. The predicted octanol–water partition coefficient (Wildman–Crippen LogP) is 2.62. The van der Waals surface area contributed by atoms with Crippen LogP contribution in [0.1, 0.15) is 25.5 Å². The molecule has 0 bridgehead atoms. The molecule has 152 valence electrons. The number of hydrogen-bond donors (Lipinski definition) is 0. The average Bonchev–Trinajstić information content (AvgIpc) is 3.07. The van der Waals surface area contributed by atoms with Crippen LogP contribution >= 0.6 is 11.6 Å². The molecule has 1 aliphatic heterocycles. The highest BCUT2D eigenvalue weighted by Crippen LogP contribution is 2.25. The van der Waals surface area contributed by atoms with Gasteiger partial charge in [0.05, 0.1) is 16.5 Å². The molecule has 1 aliphatic rings. The second-order valence-electron chi connectivity index (χ2n) is 6.97. The Morgan fingerprint density at radius 1 is 1.25 bits per heavy atom. The summed E-state index contributed by atoms with van der Waals surface area (Å²) in [7, 11) is -1.77. The maximum Gasteiger partial charge on any atom is 0.243 e. The van der Waals surface area contributed by atoms with Gasteiger partial charge in [0.25, 0.3) is 0 Å². The van der Waals surface area contributed by atoms with Crippen molar-refractivity contribution in [3.05, 3.63) is 47.2 Å².